The molecule has 0 spiro atoms. The van der Waals surface area contributed by atoms with Gasteiger partial charge in [-0.25, -0.2) is 0 Å². The van der Waals surface area contributed by atoms with E-state index in [1.54, 1.807) is 12.1 Å². The molecule has 0 aliphatic heterocycles. The Morgan fingerprint density at radius 3 is 2.57 bits per heavy atom. The lowest BCUT2D eigenvalue weighted by Crippen LogP contribution is -2.13. The predicted molar refractivity (Wildman–Crippen MR) is 86.9 cm³/mol. The zero-order valence-corrected chi connectivity index (χ0v) is 13.5. The zero-order chi connectivity index (χ0) is 15.2. The average molecular weight is 396 g/mol. The maximum absolute atomic E-state index is 12.0. The van der Waals surface area contributed by atoms with Crippen LogP contribution in [0.4, 0.5) is 0 Å². The highest BCUT2D eigenvalue weighted by Crippen LogP contribution is 2.33. The van der Waals surface area contributed by atoms with Crippen molar-refractivity contribution in [2.24, 2.45) is 0 Å². The van der Waals surface area contributed by atoms with Crippen molar-refractivity contribution >= 4 is 34.8 Å². The van der Waals surface area contributed by atoms with Gasteiger partial charge in [0.1, 0.15) is 6.29 Å². The molecule has 0 radical (unpaired) electrons. The lowest BCUT2D eigenvalue weighted by atomic mass is 10.1. The topological polar surface area (TPSA) is 52.6 Å². The van der Waals surface area contributed by atoms with Crippen LogP contribution in [0.25, 0.3) is 0 Å². The number of rotatable bonds is 5. The standard InChI is InChI=1S/C16H13IO4/c1-20-14-8-12(10-18)7-13(17)16(14)21-15(19)9-11-5-3-2-4-6-11/h2-8,10H,9H2,1H3. The second-order valence-electron chi connectivity index (χ2n) is 4.29. The molecule has 5 heteroatoms. The summed E-state index contributed by atoms with van der Waals surface area (Å²) in [4.78, 5) is 22.8. The lowest BCUT2D eigenvalue weighted by Gasteiger charge is -2.12. The summed E-state index contributed by atoms with van der Waals surface area (Å²) in [5, 5.41) is 0. The first-order valence-electron chi connectivity index (χ1n) is 6.21. The number of esters is 1. The van der Waals surface area contributed by atoms with Crippen LogP contribution in [0.15, 0.2) is 42.5 Å². The molecule has 0 saturated carbocycles. The van der Waals surface area contributed by atoms with Crippen molar-refractivity contribution in [2.45, 2.75) is 6.42 Å². The van der Waals surface area contributed by atoms with Crippen molar-refractivity contribution in [1.82, 2.24) is 0 Å². The summed E-state index contributed by atoms with van der Waals surface area (Å²) in [6, 6.07) is 12.5. The molecule has 4 nitrogen and oxygen atoms in total. The molecule has 2 aromatic rings. The minimum Gasteiger partial charge on any atom is -0.493 e. The number of halogens is 1. The Balaban J connectivity index is 2.19. The second kappa shape index (κ2) is 7.21. The number of aldehydes is 1. The third kappa shape index (κ3) is 4.04. The van der Waals surface area contributed by atoms with Crippen molar-refractivity contribution in [1.29, 1.82) is 0 Å². The van der Waals surface area contributed by atoms with Crippen LogP contribution in [0.5, 0.6) is 11.5 Å². The summed E-state index contributed by atoms with van der Waals surface area (Å²) < 4.78 is 11.2. The van der Waals surface area contributed by atoms with E-state index < -0.39 is 0 Å². The van der Waals surface area contributed by atoms with Crippen LogP contribution in [0, 0.1) is 3.57 Å². The molecule has 0 aromatic heterocycles. The molecule has 0 aliphatic rings. The van der Waals surface area contributed by atoms with E-state index in [1.807, 2.05) is 52.9 Å². The van der Waals surface area contributed by atoms with Gasteiger partial charge in [0.2, 0.25) is 0 Å². The molecule has 108 valence electrons. The van der Waals surface area contributed by atoms with Gasteiger partial charge >= 0.3 is 5.97 Å². The molecule has 0 heterocycles. The van der Waals surface area contributed by atoms with E-state index in [0.29, 0.717) is 20.6 Å². The van der Waals surface area contributed by atoms with Gasteiger partial charge in [-0.05, 0) is 40.3 Å². The fraction of sp³-hybridized carbons (Fsp3) is 0.125. The van der Waals surface area contributed by atoms with Gasteiger partial charge in [-0.2, -0.15) is 0 Å². The minimum absolute atomic E-state index is 0.176. The largest absolute Gasteiger partial charge is 0.493 e. The van der Waals surface area contributed by atoms with Crippen LogP contribution in [-0.2, 0) is 11.2 Å². The number of hydrogen-bond acceptors (Lipinski definition) is 4. The maximum atomic E-state index is 12.0. The Hall–Kier alpha value is -1.89. The smallest absolute Gasteiger partial charge is 0.315 e. The summed E-state index contributed by atoms with van der Waals surface area (Å²) in [6.45, 7) is 0. The monoisotopic (exact) mass is 396 g/mol. The van der Waals surface area contributed by atoms with Crippen molar-refractivity contribution < 1.29 is 19.1 Å². The third-order valence-corrected chi connectivity index (χ3v) is 3.60. The summed E-state index contributed by atoms with van der Waals surface area (Å²) in [5.74, 6) is 0.325. The van der Waals surface area contributed by atoms with Crippen LogP contribution in [0.2, 0.25) is 0 Å². The number of carbonyl (C=O) groups is 2. The summed E-state index contributed by atoms with van der Waals surface area (Å²) in [5.41, 5.74) is 1.35. The van der Waals surface area contributed by atoms with E-state index in [-0.39, 0.29) is 12.4 Å². The van der Waals surface area contributed by atoms with Gasteiger partial charge in [0.05, 0.1) is 17.1 Å². The molecule has 0 bridgehead atoms. The average Bonchev–Trinajstić information content (AvgIpc) is 2.50. The number of hydrogen-bond donors (Lipinski definition) is 0. The van der Waals surface area contributed by atoms with Gasteiger partial charge < -0.3 is 9.47 Å². The van der Waals surface area contributed by atoms with Crippen LogP contribution in [0.3, 0.4) is 0 Å². The molecule has 2 rings (SSSR count). The molecule has 0 saturated heterocycles. The third-order valence-electron chi connectivity index (χ3n) is 2.80. The van der Waals surface area contributed by atoms with Crippen molar-refractivity contribution in [3.8, 4) is 11.5 Å². The van der Waals surface area contributed by atoms with Gasteiger partial charge in [-0.15, -0.1) is 0 Å². The van der Waals surface area contributed by atoms with Crippen molar-refractivity contribution in [2.75, 3.05) is 7.11 Å². The van der Waals surface area contributed by atoms with Crippen LogP contribution in [-0.4, -0.2) is 19.4 Å². The Morgan fingerprint density at radius 2 is 1.95 bits per heavy atom. The number of benzene rings is 2. The van der Waals surface area contributed by atoms with Gasteiger partial charge in [-0.1, -0.05) is 30.3 Å². The van der Waals surface area contributed by atoms with E-state index in [0.717, 1.165) is 11.8 Å². The molecule has 2 aromatic carbocycles. The first kappa shape index (κ1) is 15.5. The lowest BCUT2D eigenvalue weighted by molar-refractivity contribution is -0.133. The predicted octanol–water partition coefficient (Wildman–Crippen LogP) is 3.26. The number of ether oxygens (including phenoxy) is 2. The quantitative estimate of drug-likeness (QED) is 0.337. The molecule has 0 fully saturated rings. The Bertz CT molecular complexity index is 653. The molecule has 0 N–H and O–H groups in total. The zero-order valence-electron chi connectivity index (χ0n) is 11.3. The molecule has 0 atom stereocenters. The molecule has 21 heavy (non-hydrogen) atoms. The van der Waals surface area contributed by atoms with Gasteiger partial charge in [0.25, 0.3) is 0 Å². The molecule has 0 unspecified atom stereocenters. The van der Waals surface area contributed by atoms with Crippen molar-refractivity contribution in [3.05, 3.63) is 57.2 Å². The van der Waals surface area contributed by atoms with E-state index in [2.05, 4.69) is 0 Å². The maximum Gasteiger partial charge on any atom is 0.315 e. The Kier molecular flexibility index (Phi) is 5.32. The van der Waals surface area contributed by atoms with E-state index >= 15 is 0 Å². The van der Waals surface area contributed by atoms with Crippen LogP contribution >= 0.6 is 22.6 Å². The second-order valence-corrected chi connectivity index (χ2v) is 5.45. The number of methoxy groups -OCH3 is 1. The SMILES string of the molecule is COc1cc(C=O)cc(I)c1OC(=O)Cc1ccccc1. The van der Waals surface area contributed by atoms with Gasteiger partial charge in [0, 0.05) is 5.56 Å². The minimum atomic E-state index is -0.378. The highest BCUT2D eigenvalue weighted by Gasteiger charge is 2.15. The van der Waals surface area contributed by atoms with Crippen LogP contribution in [0.1, 0.15) is 15.9 Å². The fourth-order valence-corrected chi connectivity index (χ4v) is 2.55. The van der Waals surface area contributed by atoms with E-state index in [9.17, 15) is 9.59 Å². The Labute approximate surface area is 136 Å². The van der Waals surface area contributed by atoms with Gasteiger partial charge in [0.15, 0.2) is 11.5 Å². The van der Waals surface area contributed by atoms with Gasteiger partial charge in [-0.3, -0.25) is 9.59 Å². The van der Waals surface area contributed by atoms with E-state index in [4.69, 9.17) is 9.47 Å². The fourth-order valence-electron chi connectivity index (χ4n) is 1.82. The highest BCUT2D eigenvalue weighted by atomic mass is 127. The summed E-state index contributed by atoms with van der Waals surface area (Å²) in [6.07, 6.45) is 0.899. The van der Waals surface area contributed by atoms with Crippen molar-refractivity contribution in [3.63, 3.8) is 0 Å². The highest BCUT2D eigenvalue weighted by molar-refractivity contribution is 14.1. The summed E-state index contributed by atoms with van der Waals surface area (Å²) >= 11 is 2.01. The normalized spacial score (nSPS) is 10.0. The Morgan fingerprint density at radius 1 is 1.24 bits per heavy atom. The molecular formula is C16H13IO4. The van der Waals surface area contributed by atoms with E-state index in [1.165, 1.54) is 7.11 Å². The molecular weight excluding hydrogens is 383 g/mol. The summed E-state index contributed by atoms with van der Waals surface area (Å²) in [7, 11) is 1.47. The number of carbonyl (C=O) groups excluding carboxylic acids is 2. The first-order chi connectivity index (χ1) is 10.1. The first-order valence-corrected chi connectivity index (χ1v) is 7.29. The van der Waals surface area contributed by atoms with Crippen LogP contribution < -0.4 is 9.47 Å². The molecule has 0 aliphatic carbocycles. The molecule has 0 amide bonds.